The van der Waals surface area contributed by atoms with E-state index in [0.717, 1.165) is 11.3 Å². The number of nitrogens with zero attached hydrogens (tertiary/aromatic N) is 3. The van der Waals surface area contributed by atoms with Crippen molar-refractivity contribution in [2.75, 3.05) is 30.5 Å². The van der Waals surface area contributed by atoms with Gasteiger partial charge in [0.2, 0.25) is 5.91 Å². The number of nitrogens with one attached hydrogen (secondary N) is 1. The average molecular weight is 346 g/mol. The fourth-order valence-corrected chi connectivity index (χ4v) is 2.58. The lowest BCUT2D eigenvalue weighted by atomic mass is 10.1. The molecule has 1 aromatic heterocycles. The monoisotopic (exact) mass is 346 g/mol. The number of methoxy groups -OCH3 is 1. The summed E-state index contributed by atoms with van der Waals surface area (Å²) in [5.41, 5.74) is 2.30. The van der Waals surface area contributed by atoms with Crippen molar-refractivity contribution in [3.63, 3.8) is 0 Å². The van der Waals surface area contributed by atoms with Gasteiger partial charge in [0.15, 0.2) is 11.6 Å². The van der Waals surface area contributed by atoms with Crippen LogP contribution in [-0.4, -0.2) is 36.1 Å². The Balaban J connectivity index is 2.48. The molecule has 0 saturated heterocycles. The Morgan fingerprint density at radius 3 is 2.80 bits per heavy atom. The van der Waals surface area contributed by atoms with Crippen LogP contribution in [0, 0.1) is 19.7 Å². The summed E-state index contributed by atoms with van der Waals surface area (Å²) >= 11 is 0. The first kappa shape index (κ1) is 18.8. The fourth-order valence-electron chi connectivity index (χ4n) is 2.58. The number of carbonyl (C=O) groups excluding carboxylic acids is 1. The van der Waals surface area contributed by atoms with Crippen LogP contribution in [-0.2, 0) is 9.53 Å². The minimum Gasteiger partial charge on any atom is -0.385 e. The normalized spacial score (nSPS) is 10.6. The Morgan fingerprint density at radius 2 is 2.12 bits per heavy atom. The molecule has 6 nitrogen and oxygen atoms in total. The molecule has 0 radical (unpaired) electrons. The summed E-state index contributed by atoms with van der Waals surface area (Å²) in [6.45, 7) is 6.13. The molecule has 1 N–H and O–H groups in total. The number of hydrogen-bond acceptors (Lipinski definition) is 5. The molecule has 0 unspecified atom stereocenters. The summed E-state index contributed by atoms with van der Waals surface area (Å²) in [6, 6.07) is 5.52. The molecule has 0 atom stereocenters. The molecular weight excluding hydrogens is 323 g/mol. The molecule has 134 valence electrons. The van der Waals surface area contributed by atoms with Crippen LogP contribution >= 0.6 is 0 Å². The van der Waals surface area contributed by atoms with E-state index in [2.05, 4.69) is 15.3 Å². The Bertz CT molecular complexity index is 752. The minimum atomic E-state index is -0.493. The quantitative estimate of drug-likeness (QED) is 0.779. The number of aryl methyl sites for hydroxylation is 1. The third-order valence-corrected chi connectivity index (χ3v) is 3.74. The van der Waals surface area contributed by atoms with Crippen LogP contribution in [0.15, 0.2) is 24.4 Å². The number of benzene rings is 1. The van der Waals surface area contributed by atoms with Crippen LogP contribution in [0.2, 0.25) is 0 Å². The van der Waals surface area contributed by atoms with Gasteiger partial charge in [0, 0.05) is 38.6 Å². The molecule has 0 bridgehead atoms. The molecule has 7 heteroatoms. The van der Waals surface area contributed by atoms with E-state index in [0.29, 0.717) is 31.1 Å². The van der Waals surface area contributed by atoms with Gasteiger partial charge in [0.1, 0.15) is 5.82 Å². The van der Waals surface area contributed by atoms with Crippen molar-refractivity contribution in [1.29, 1.82) is 0 Å². The number of rotatable bonds is 7. The van der Waals surface area contributed by atoms with Crippen molar-refractivity contribution >= 4 is 23.1 Å². The molecule has 1 amide bonds. The lowest BCUT2D eigenvalue weighted by molar-refractivity contribution is -0.114. The van der Waals surface area contributed by atoms with Gasteiger partial charge in [-0.2, -0.15) is 0 Å². The maximum absolute atomic E-state index is 14.4. The predicted molar refractivity (Wildman–Crippen MR) is 95.7 cm³/mol. The van der Waals surface area contributed by atoms with E-state index in [1.54, 1.807) is 18.9 Å². The Labute approximate surface area is 147 Å². The lowest BCUT2D eigenvalue weighted by Gasteiger charge is -2.27. The largest absolute Gasteiger partial charge is 0.385 e. The van der Waals surface area contributed by atoms with Gasteiger partial charge in [-0.25, -0.2) is 14.4 Å². The van der Waals surface area contributed by atoms with Crippen LogP contribution in [0.1, 0.15) is 24.7 Å². The molecule has 2 rings (SSSR count). The second-order valence-electron chi connectivity index (χ2n) is 5.72. The van der Waals surface area contributed by atoms with E-state index in [1.165, 1.54) is 13.1 Å². The van der Waals surface area contributed by atoms with Gasteiger partial charge in [-0.05, 0) is 38.0 Å². The van der Waals surface area contributed by atoms with Gasteiger partial charge < -0.3 is 15.0 Å². The highest BCUT2D eigenvalue weighted by atomic mass is 19.1. The van der Waals surface area contributed by atoms with Crippen LogP contribution in [0.5, 0.6) is 0 Å². The van der Waals surface area contributed by atoms with Crippen molar-refractivity contribution in [2.45, 2.75) is 27.2 Å². The van der Waals surface area contributed by atoms with Gasteiger partial charge >= 0.3 is 0 Å². The SMILES string of the molecule is COCCCN(c1cccc(NC(C)=O)c1C)c1nc(C)ncc1F. The predicted octanol–water partition coefficient (Wildman–Crippen LogP) is 3.37. The van der Waals surface area contributed by atoms with Crippen LogP contribution in [0.25, 0.3) is 0 Å². The molecule has 2 aromatic rings. The Kier molecular flexibility index (Phi) is 6.41. The Morgan fingerprint density at radius 1 is 1.36 bits per heavy atom. The van der Waals surface area contributed by atoms with Gasteiger partial charge in [-0.3, -0.25) is 4.79 Å². The molecule has 0 spiro atoms. The number of anilines is 3. The summed E-state index contributed by atoms with van der Waals surface area (Å²) in [7, 11) is 1.63. The van der Waals surface area contributed by atoms with E-state index in [9.17, 15) is 9.18 Å². The molecule has 0 fully saturated rings. The maximum Gasteiger partial charge on any atom is 0.221 e. The van der Waals surface area contributed by atoms with Crippen molar-refractivity contribution in [2.24, 2.45) is 0 Å². The van der Waals surface area contributed by atoms with E-state index in [-0.39, 0.29) is 11.7 Å². The van der Waals surface area contributed by atoms with Crippen molar-refractivity contribution in [1.82, 2.24) is 9.97 Å². The van der Waals surface area contributed by atoms with E-state index >= 15 is 0 Å². The molecule has 0 aliphatic rings. The summed E-state index contributed by atoms with van der Waals surface area (Å²) in [5, 5.41) is 2.80. The van der Waals surface area contributed by atoms with Gasteiger partial charge in [-0.15, -0.1) is 0 Å². The van der Waals surface area contributed by atoms with Gasteiger partial charge in [0.05, 0.1) is 6.20 Å². The number of halogens is 1. The molecule has 1 heterocycles. The first-order valence-corrected chi connectivity index (χ1v) is 8.07. The topological polar surface area (TPSA) is 67.3 Å². The molecule has 1 aromatic carbocycles. The summed E-state index contributed by atoms with van der Waals surface area (Å²) in [4.78, 5) is 21.4. The zero-order chi connectivity index (χ0) is 18.4. The second kappa shape index (κ2) is 8.53. The molecule has 0 aliphatic carbocycles. The van der Waals surface area contributed by atoms with Crippen molar-refractivity contribution in [3.8, 4) is 0 Å². The van der Waals surface area contributed by atoms with Crippen LogP contribution < -0.4 is 10.2 Å². The molecule has 0 saturated carbocycles. The number of amides is 1. The third-order valence-electron chi connectivity index (χ3n) is 3.74. The highest BCUT2D eigenvalue weighted by molar-refractivity contribution is 5.91. The zero-order valence-corrected chi connectivity index (χ0v) is 15.0. The number of ether oxygens (including phenoxy) is 1. The minimum absolute atomic E-state index is 0.157. The second-order valence-corrected chi connectivity index (χ2v) is 5.72. The molecule has 25 heavy (non-hydrogen) atoms. The first-order chi connectivity index (χ1) is 11.9. The van der Waals surface area contributed by atoms with Crippen molar-refractivity contribution < 1.29 is 13.9 Å². The zero-order valence-electron chi connectivity index (χ0n) is 15.0. The molecule has 0 aliphatic heterocycles. The fraction of sp³-hybridized carbons (Fsp3) is 0.389. The van der Waals surface area contributed by atoms with E-state index in [4.69, 9.17) is 4.74 Å². The van der Waals surface area contributed by atoms with E-state index in [1.807, 2.05) is 25.1 Å². The highest BCUT2D eigenvalue weighted by Crippen LogP contribution is 2.32. The first-order valence-electron chi connectivity index (χ1n) is 8.07. The number of hydrogen-bond donors (Lipinski definition) is 1. The number of carbonyl (C=O) groups is 1. The smallest absolute Gasteiger partial charge is 0.221 e. The summed E-state index contributed by atoms with van der Waals surface area (Å²) in [5.74, 6) is 0.0538. The van der Waals surface area contributed by atoms with Crippen molar-refractivity contribution in [3.05, 3.63) is 41.6 Å². The Hall–Kier alpha value is -2.54. The standard InChI is InChI=1S/C18H23FN4O2/c1-12-16(22-14(3)24)7-5-8-17(12)23(9-6-10-25-4)18-15(19)11-20-13(2)21-18/h5,7-8,11H,6,9-10H2,1-4H3,(H,22,24). The molecular formula is C18H23FN4O2. The lowest BCUT2D eigenvalue weighted by Crippen LogP contribution is -2.24. The average Bonchev–Trinajstić information content (AvgIpc) is 2.56. The summed E-state index contributed by atoms with van der Waals surface area (Å²) < 4.78 is 19.5. The van der Waals surface area contributed by atoms with Gasteiger partial charge in [-0.1, -0.05) is 6.07 Å². The summed E-state index contributed by atoms with van der Waals surface area (Å²) in [6.07, 6.45) is 1.87. The maximum atomic E-state index is 14.4. The van der Waals surface area contributed by atoms with Gasteiger partial charge in [0.25, 0.3) is 0 Å². The highest BCUT2D eigenvalue weighted by Gasteiger charge is 2.19. The van der Waals surface area contributed by atoms with E-state index < -0.39 is 5.82 Å². The van der Waals surface area contributed by atoms with Crippen LogP contribution in [0.4, 0.5) is 21.6 Å². The van der Waals surface area contributed by atoms with Crippen LogP contribution in [0.3, 0.4) is 0 Å². The third kappa shape index (κ3) is 4.73. The number of aromatic nitrogens is 2.